The number of urea groups is 1. The van der Waals surface area contributed by atoms with Crippen LogP contribution in [0.25, 0.3) is 6.08 Å². The van der Waals surface area contributed by atoms with E-state index in [1.807, 2.05) is 32.0 Å². The Morgan fingerprint density at radius 3 is 2.44 bits per heavy atom. The van der Waals surface area contributed by atoms with Gasteiger partial charge >= 0.3 is 6.03 Å². The van der Waals surface area contributed by atoms with Gasteiger partial charge in [-0.05, 0) is 78.4 Å². The largest absolute Gasteiger partial charge is 0.490 e. The van der Waals surface area contributed by atoms with Gasteiger partial charge in [0.1, 0.15) is 12.2 Å². The molecule has 184 valence electrons. The third kappa shape index (κ3) is 5.55. The molecule has 0 aliphatic carbocycles. The molecule has 1 aliphatic heterocycles. The number of barbiturate groups is 1. The van der Waals surface area contributed by atoms with Crippen molar-refractivity contribution in [3.05, 3.63) is 91.5 Å². The first kappa shape index (κ1) is 25.7. The van der Waals surface area contributed by atoms with Crippen molar-refractivity contribution in [2.75, 3.05) is 11.5 Å². The number of nitrogens with zero attached hydrogens (tertiary/aromatic N) is 1. The number of carbonyl (C=O) groups is 3. The first-order valence-electron chi connectivity index (χ1n) is 11.1. The minimum Gasteiger partial charge on any atom is -0.490 e. The number of benzene rings is 3. The number of aryl methyl sites for hydroxylation is 1. The summed E-state index contributed by atoms with van der Waals surface area (Å²) in [5.74, 6) is -0.492. The fourth-order valence-corrected chi connectivity index (χ4v) is 4.56. The van der Waals surface area contributed by atoms with Crippen molar-refractivity contribution in [2.45, 2.75) is 20.5 Å². The van der Waals surface area contributed by atoms with E-state index in [-0.39, 0.29) is 12.2 Å². The van der Waals surface area contributed by atoms with Gasteiger partial charge in [0, 0.05) is 10.6 Å². The minimum atomic E-state index is -0.793. The predicted octanol–water partition coefficient (Wildman–Crippen LogP) is 5.90. The molecule has 1 saturated heterocycles. The highest BCUT2D eigenvalue weighted by atomic mass is 127. The van der Waals surface area contributed by atoms with Crippen LogP contribution in [0.2, 0.25) is 5.02 Å². The number of hydrogen-bond donors (Lipinski definition) is 1. The molecule has 1 fully saturated rings. The molecule has 3 aromatic carbocycles. The zero-order chi connectivity index (χ0) is 25.8. The fourth-order valence-electron chi connectivity index (χ4n) is 3.59. The maximum atomic E-state index is 13.2. The standard InChI is InChI=1S/C27H22ClIN2O5/c1-3-35-23-14-17(13-22(29)24(23)36-15-18-6-4-5-7-21(18)28)12-20-25(32)30-27(34)31(26(20)33)19-10-8-16(2)9-11-19/h4-14H,3,15H2,1-2H3,(H,30,32,34)/b20-12+. The second-order valence-corrected chi connectivity index (χ2v) is 9.51. The molecule has 36 heavy (non-hydrogen) atoms. The summed E-state index contributed by atoms with van der Waals surface area (Å²) in [6, 6.07) is 16.9. The van der Waals surface area contributed by atoms with E-state index in [9.17, 15) is 14.4 Å². The van der Waals surface area contributed by atoms with Crippen LogP contribution < -0.4 is 19.7 Å². The summed E-state index contributed by atoms with van der Waals surface area (Å²) in [5, 5.41) is 2.84. The second kappa shape index (κ2) is 11.1. The Kier molecular flexibility index (Phi) is 7.95. The van der Waals surface area contributed by atoms with Gasteiger partial charge in [-0.15, -0.1) is 0 Å². The van der Waals surface area contributed by atoms with E-state index < -0.39 is 17.8 Å². The lowest BCUT2D eigenvalue weighted by Crippen LogP contribution is -2.54. The summed E-state index contributed by atoms with van der Waals surface area (Å²) in [6.45, 7) is 4.37. The average molecular weight is 617 g/mol. The van der Waals surface area contributed by atoms with Crippen molar-refractivity contribution >= 4 is 63.8 Å². The zero-order valence-corrected chi connectivity index (χ0v) is 22.4. The van der Waals surface area contributed by atoms with Crippen LogP contribution in [0.5, 0.6) is 11.5 Å². The lowest BCUT2D eigenvalue weighted by molar-refractivity contribution is -0.122. The Morgan fingerprint density at radius 1 is 1.03 bits per heavy atom. The Bertz CT molecular complexity index is 1370. The van der Waals surface area contributed by atoms with E-state index in [1.165, 1.54) is 6.08 Å². The van der Waals surface area contributed by atoms with E-state index in [2.05, 4.69) is 27.9 Å². The number of hydrogen-bond acceptors (Lipinski definition) is 5. The number of ether oxygens (including phenoxy) is 2. The molecule has 1 N–H and O–H groups in total. The monoisotopic (exact) mass is 616 g/mol. The summed E-state index contributed by atoms with van der Waals surface area (Å²) in [6.07, 6.45) is 1.44. The highest BCUT2D eigenvalue weighted by molar-refractivity contribution is 14.1. The van der Waals surface area contributed by atoms with Crippen molar-refractivity contribution in [1.82, 2.24) is 5.32 Å². The zero-order valence-electron chi connectivity index (χ0n) is 19.5. The molecule has 0 spiro atoms. The predicted molar refractivity (Wildman–Crippen MR) is 146 cm³/mol. The van der Waals surface area contributed by atoms with Crippen LogP contribution in [-0.2, 0) is 16.2 Å². The van der Waals surface area contributed by atoms with Gasteiger partial charge < -0.3 is 9.47 Å². The lowest BCUT2D eigenvalue weighted by atomic mass is 10.1. The minimum absolute atomic E-state index is 0.168. The first-order valence-corrected chi connectivity index (χ1v) is 12.5. The van der Waals surface area contributed by atoms with Crippen molar-refractivity contribution in [3.63, 3.8) is 0 Å². The Morgan fingerprint density at radius 2 is 1.75 bits per heavy atom. The molecule has 7 nitrogen and oxygen atoms in total. The first-order chi connectivity index (χ1) is 17.3. The van der Waals surface area contributed by atoms with Gasteiger partial charge in [0.15, 0.2) is 11.5 Å². The topological polar surface area (TPSA) is 84.9 Å². The third-order valence-electron chi connectivity index (χ3n) is 5.37. The molecule has 1 heterocycles. The molecular formula is C27H22ClIN2O5. The van der Waals surface area contributed by atoms with E-state index >= 15 is 0 Å². The normalized spacial score (nSPS) is 14.7. The molecule has 4 amide bonds. The number of anilines is 1. The number of amides is 4. The van der Waals surface area contributed by atoms with Crippen molar-refractivity contribution in [1.29, 1.82) is 0 Å². The van der Waals surface area contributed by atoms with Gasteiger partial charge in [0.25, 0.3) is 11.8 Å². The van der Waals surface area contributed by atoms with Crippen LogP contribution in [0.15, 0.2) is 66.2 Å². The number of nitrogens with one attached hydrogen (secondary N) is 1. The van der Waals surface area contributed by atoms with E-state index in [0.717, 1.165) is 16.0 Å². The van der Waals surface area contributed by atoms with Crippen LogP contribution in [0, 0.1) is 10.5 Å². The highest BCUT2D eigenvalue weighted by Gasteiger charge is 2.36. The van der Waals surface area contributed by atoms with Gasteiger partial charge in [-0.25, -0.2) is 9.69 Å². The van der Waals surface area contributed by atoms with Crippen LogP contribution in [-0.4, -0.2) is 24.5 Å². The molecule has 4 rings (SSSR count). The molecule has 0 unspecified atom stereocenters. The number of carbonyl (C=O) groups excluding carboxylic acids is 3. The number of imide groups is 2. The maximum absolute atomic E-state index is 13.2. The SMILES string of the molecule is CCOc1cc(/C=C2\C(=O)NC(=O)N(c3ccc(C)cc3)C2=O)cc(I)c1OCc1ccccc1Cl. The molecule has 0 radical (unpaired) electrons. The van der Waals surface area contributed by atoms with Crippen molar-refractivity contribution in [2.24, 2.45) is 0 Å². The van der Waals surface area contributed by atoms with Crippen LogP contribution in [0.3, 0.4) is 0 Å². The van der Waals surface area contributed by atoms with Crippen LogP contribution >= 0.6 is 34.2 Å². The number of rotatable bonds is 7. The molecular weight excluding hydrogens is 595 g/mol. The quantitative estimate of drug-likeness (QED) is 0.203. The molecule has 0 saturated carbocycles. The average Bonchev–Trinajstić information content (AvgIpc) is 2.83. The van der Waals surface area contributed by atoms with Gasteiger partial charge in [-0.3, -0.25) is 14.9 Å². The van der Waals surface area contributed by atoms with Crippen molar-refractivity contribution in [3.8, 4) is 11.5 Å². The lowest BCUT2D eigenvalue weighted by Gasteiger charge is -2.26. The summed E-state index contributed by atoms with van der Waals surface area (Å²) < 4.78 is 12.5. The molecule has 3 aromatic rings. The summed E-state index contributed by atoms with van der Waals surface area (Å²) in [7, 11) is 0. The van der Waals surface area contributed by atoms with Gasteiger partial charge in [0.2, 0.25) is 0 Å². The molecule has 0 bridgehead atoms. The number of halogens is 2. The van der Waals surface area contributed by atoms with Gasteiger partial charge in [0.05, 0.1) is 15.9 Å². The Labute approximate surface area is 227 Å². The summed E-state index contributed by atoms with van der Waals surface area (Å²) in [5.41, 5.74) is 2.55. The van der Waals surface area contributed by atoms with Crippen LogP contribution in [0.4, 0.5) is 10.5 Å². The smallest absolute Gasteiger partial charge is 0.335 e. The summed E-state index contributed by atoms with van der Waals surface area (Å²) in [4.78, 5) is 39.2. The van der Waals surface area contributed by atoms with E-state index in [0.29, 0.717) is 37.9 Å². The summed E-state index contributed by atoms with van der Waals surface area (Å²) >= 11 is 8.36. The molecule has 0 aromatic heterocycles. The highest BCUT2D eigenvalue weighted by Crippen LogP contribution is 2.36. The molecule has 9 heteroatoms. The molecule has 1 aliphatic rings. The molecule has 0 atom stereocenters. The fraction of sp³-hybridized carbons (Fsp3) is 0.148. The third-order valence-corrected chi connectivity index (χ3v) is 6.54. The maximum Gasteiger partial charge on any atom is 0.335 e. The van der Waals surface area contributed by atoms with Gasteiger partial charge in [-0.2, -0.15) is 0 Å². The Hall–Kier alpha value is -3.37. The van der Waals surface area contributed by atoms with E-state index in [1.54, 1.807) is 42.5 Å². The van der Waals surface area contributed by atoms with E-state index in [4.69, 9.17) is 21.1 Å². The Balaban J connectivity index is 1.66. The second-order valence-electron chi connectivity index (χ2n) is 7.94. The van der Waals surface area contributed by atoms with Crippen molar-refractivity contribution < 1.29 is 23.9 Å². The van der Waals surface area contributed by atoms with Crippen LogP contribution in [0.1, 0.15) is 23.6 Å². The van der Waals surface area contributed by atoms with Gasteiger partial charge in [-0.1, -0.05) is 47.5 Å².